The first-order chi connectivity index (χ1) is 8.04. The third kappa shape index (κ3) is 1.99. The Kier molecular flexibility index (Phi) is 3.48. The Morgan fingerprint density at radius 1 is 1.18 bits per heavy atom. The van der Waals surface area contributed by atoms with Gasteiger partial charge in [0.1, 0.15) is 0 Å². The van der Waals surface area contributed by atoms with Crippen LogP contribution in [0.5, 0.6) is 0 Å². The highest BCUT2D eigenvalue weighted by molar-refractivity contribution is 5.78. The van der Waals surface area contributed by atoms with Gasteiger partial charge in [0.2, 0.25) is 0 Å². The third-order valence-corrected chi connectivity index (χ3v) is 5.03. The second-order valence-corrected chi connectivity index (χ2v) is 5.99. The first-order valence-electron chi connectivity index (χ1n) is 6.85. The Morgan fingerprint density at radius 3 is 2.18 bits per heavy atom. The van der Waals surface area contributed by atoms with Crippen molar-refractivity contribution in [2.24, 2.45) is 11.3 Å². The molecule has 1 N–H and O–H groups in total. The number of hydrogen-bond acceptors (Lipinski definition) is 3. The molecule has 0 amide bonds. The van der Waals surface area contributed by atoms with Crippen LogP contribution in [0.4, 0.5) is 0 Å². The molecular formula is C14H24O3. The average molecular weight is 240 g/mol. The fraction of sp³-hybridized carbons (Fsp3) is 0.929. The molecule has 0 radical (unpaired) electrons. The highest BCUT2D eigenvalue weighted by Gasteiger charge is 2.57. The molecule has 0 aromatic heterocycles. The summed E-state index contributed by atoms with van der Waals surface area (Å²) in [5.74, 6) is 0.485. The number of ether oxygens (including phenoxy) is 1. The summed E-state index contributed by atoms with van der Waals surface area (Å²) in [7, 11) is 1.44. The molecule has 0 unspecified atom stereocenters. The topological polar surface area (TPSA) is 46.5 Å². The molecule has 0 bridgehead atoms. The minimum Gasteiger partial charge on any atom is -0.469 e. The summed E-state index contributed by atoms with van der Waals surface area (Å²) in [5.41, 5.74) is -1.43. The number of rotatable bonds is 2. The lowest BCUT2D eigenvalue weighted by Crippen LogP contribution is -2.54. The molecule has 0 spiro atoms. The van der Waals surface area contributed by atoms with Gasteiger partial charge in [0.15, 0.2) is 0 Å². The highest BCUT2D eigenvalue weighted by atomic mass is 16.5. The zero-order valence-corrected chi connectivity index (χ0v) is 11.0. The predicted octanol–water partition coefficient (Wildman–Crippen LogP) is 2.66. The molecule has 2 aliphatic carbocycles. The van der Waals surface area contributed by atoms with Crippen LogP contribution >= 0.6 is 0 Å². The Bertz CT molecular complexity index is 284. The van der Waals surface area contributed by atoms with E-state index in [-0.39, 0.29) is 5.97 Å². The maximum absolute atomic E-state index is 12.1. The number of carbonyl (C=O) groups is 1. The van der Waals surface area contributed by atoms with Gasteiger partial charge in [0, 0.05) is 0 Å². The van der Waals surface area contributed by atoms with Gasteiger partial charge in [-0.3, -0.25) is 4.79 Å². The van der Waals surface area contributed by atoms with Crippen LogP contribution in [0.2, 0.25) is 0 Å². The van der Waals surface area contributed by atoms with E-state index in [9.17, 15) is 9.90 Å². The maximum Gasteiger partial charge on any atom is 0.314 e. The van der Waals surface area contributed by atoms with Crippen molar-refractivity contribution in [1.82, 2.24) is 0 Å². The van der Waals surface area contributed by atoms with E-state index in [1.165, 1.54) is 7.11 Å². The first kappa shape index (κ1) is 12.9. The molecule has 17 heavy (non-hydrogen) atoms. The van der Waals surface area contributed by atoms with Gasteiger partial charge in [0.05, 0.1) is 18.1 Å². The molecule has 0 atom stereocenters. The minimum absolute atomic E-state index is 0.188. The number of esters is 1. The van der Waals surface area contributed by atoms with Crippen molar-refractivity contribution in [3.05, 3.63) is 0 Å². The van der Waals surface area contributed by atoms with Crippen LogP contribution in [0.1, 0.15) is 58.3 Å². The minimum atomic E-state index is -0.816. The molecule has 3 nitrogen and oxygen atoms in total. The van der Waals surface area contributed by atoms with Gasteiger partial charge < -0.3 is 9.84 Å². The van der Waals surface area contributed by atoms with Crippen LogP contribution in [0.25, 0.3) is 0 Å². The lowest BCUT2D eigenvalue weighted by molar-refractivity contribution is -0.179. The number of carbonyl (C=O) groups excluding carboxylic acids is 1. The van der Waals surface area contributed by atoms with Crippen molar-refractivity contribution in [3.8, 4) is 0 Å². The summed E-state index contributed by atoms with van der Waals surface area (Å²) in [4.78, 5) is 12.1. The molecule has 2 aliphatic rings. The van der Waals surface area contributed by atoms with Crippen molar-refractivity contribution < 1.29 is 14.6 Å². The summed E-state index contributed by atoms with van der Waals surface area (Å²) in [6.45, 7) is 2.22. The van der Waals surface area contributed by atoms with Crippen LogP contribution in [-0.4, -0.2) is 23.8 Å². The Morgan fingerprint density at radius 2 is 1.71 bits per heavy atom. The van der Waals surface area contributed by atoms with Crippen molar-refractivity contribution in [2.75, 3.05) is 7.11 Å². The molecule has 2 rings (SSSR count). The van der Waals surface area contributed by atoms with Crippen molar-refractivity contribution in [3.63, 3.8) is 0 Å². The zero-order valence-electron chi connectivity index (χ0n) is 11.0. The van der Waals surface area contributed by atoms with Gasteiger partial charge in [-0.05, 0) is 44.4 Å². The summed E-state index contributed by atoms with van der Waals surface area (Å²) in [5, 5.41) is 10.9. The van der Waals surface area contributed by atoms with Gasteiger partial charge in [-0.15, -0.1) is 0 Å². The Hall–Kier alpha value is -0.570. The summed E-state index contributed by atoms with van der Waals surface area (Å²) >= 11 is 0. The van der Waals surface area contributed by atoms with Gasteiger partial charge in [-0.1, -0.05) is 19.8 Å². The fourth-order valence-corrected chi connectivity index (χ4v) is 3.75. The number of methoxy groups -OCH3 is 1. The van der Waals surface area contributed by atoms with E-state index in [0.29, 0.717) is 5.92 Å². The van der Waals surface area contributed by atoms with Gasteiger partial charge in [-0.25, -0.2) is 0 Å². The van der Waals surface area contributed by atoms with Gasteiger partial charge in [0.25, 0.3) is 0 Å². The zero-order chi connectivity index (χ0) is 12.5. The summed E-state index contributed by atoms with van der Waals surface area (Å²) in [6, 6.07) is 0. The van der Waals surface area contributed by atoms with E-state index in [4.69, 9.17) is 4.74 Å². The van der Waals surface area contributed by atoms with E-state index in [1.807, 2.05) is 0 Å². The molecule has 2 fully saturated rings. The largest absolute Gasteiger partial charge is 0.469 e. The third-order valence-electron chi connectivity index (χ3n) is 5.03. The molecule has 2 saturated carbocycles. The van der Waals surface area contributed by atoms with Crippen LogP contribution in [0, 0.1) is 11.3 Å². The maximum atomic E-state index is 12.1. The molecule has 0 heterocycles. The summed E-state index contributed by atoms with van der Waals surface area (Å²) < 4.78 is 4.98. The lowest BCUT2D eigenvalue weighted by atomic mass is 9.62. The second kappa shape index (κ2) is 4.60. The highest BCUT2D eigenvalue weighted by Crippen LogP contribution is 2.53. The predicted molar refractivity (Wildman–Crippen MR) is 65.5 cm³/mol. The normalized spacial score (nSPS) is 36.8. The van der Waals surface area contributed by atoms with Gasteiger partial charge >= 0.3 is 5.97 Å². The average Bonchev–Trinajstić information content (AvgIpc) is 2.83. The quantitative estimate of drug-likeness (QED) is 0.755. The second-order valence-electron chi connectivity index (χ2n) is 5.99. The number of hydrogen-bond donors (Lipinski definition) is 1. The smallest absolute Gasteiger partial charge is 0.314 e. The van der Waals surface area contributed by atoms with E-state index in [0.717, 1.165) is 51.4 Å². The molecule has 3 heteroatoms. The molecule has 0 saturated heterocycles. The van der Waals surface area contributed by atoms with Crippen LogP contribution < -0.4 is 0 Å². The molecular weight excluding hydrogens is 216 g/mol. The van der Waals surface area contributed by atoms with E-state index in [1.54, 1.807) is 0 Å². The monoisotopic (exact) mass is 240 g/mol. The van der Waals surface area contributed by atoms with Gasteiger partial charge in [-0.2, -0.15) is 0 Å². The van der Waals surface area contributed by atoms with Crippen molar-refractivity contribution in [1.29, 1.82) is 0 Å². The number of aliphatic hydroxyl groups is 1. The molecule has 98 valence electrons. The van der Waals surface area contributed by atoms with E-state index >= 15 is 0 Å². The van der Waals surface area contributed by atoms with E-state index in [2.05, 4.69) is 6.92 Å². The van der Waals surface area contributed by atoms with Crippen LogP contribution in [-0.2, 0) is 9.53 Å². The standard InChI is InChI=1S/C14H24O3/c1-11-5-9-14(16,10-6-11)13(12(15)17-2)7-3-4-8-13/h11,16H,3-10H2,1-2H3. The van der Waals surface area contributed by atoms with Crippen molar-refractivity contribution in [2.45, 2.75) is 63.9 Å². The van der Waals surface area contributed by atoms with Crippen LogP contribution in [0.3, 0.4) is 0 Å². The van der Waals surface area contributed by atoms with Crippen LogP contribution in [0.15, 0.2) is 0 Å². The fourth-order valence-electron chi connectivity index (χ4n) is 3.75. The SMILES string of the molecule is COC(=O)C1(C2(O)CCC(C)CC2)CCCC1. The first-order valence-corrected chi connectivity index (χ1v) is 6.85. The summed E-state index contributed by atoms with van der Waals surface area (Å²) in [6.07, 6.45) is 7.21. The molecule has 0 aromatic carbocycles. The Balaban J connectivity index is 2.24. The van der Waals surface area contributed by atoms with Crippen molar-refractivity contribution >= 4 is 5.97 Å². The Labute approximate surface area is 104 Å². The molecule has 0 aliphatic heterocycles. The molecule has 0 aromatic rings. The lowest BCUT2D eigenvalue weighted by Gasteiger charge is -2.46. The van der Waals surface area contributed by atoms with E-state index < -0.39 is 11.0 Å².